The number of rotatable bonds is 6. The van der Waals surface area contributed by atoms with E-state index in [-0.39, 0.29) is 5.91 Å². The topological polar surface area (TPSA) is 69.2 Å². The number of amides is 1. The number of hydrazone groups is 1. The molecule has 0 aliphatic rings. The van der Waals surface area contributed by atoms with Crippen molar-refractivity contribution in [2.24, 2.45) is 5.10 Å². The van der Waals surface area contributed by atoms with E-state index in [1.807, 2.05) is 16.8 Å². The highest BCUT2D eigenvalue weighted by Crippen LogP contribution is 2.38. The Kier molecular flexibility index (Phi) is 5.37. The molecule has 0 saturated carbocycles. The van der Waals surface area contributed by atoms with Gasteiger partial charge in [0.1, 0.15) is 0 Å². The summed E-state index contributed by atoms with van der Waals surface area (Å²) in [4.78, 5) is 12.1. The molecule has 0 spiro atoms. The second-order valence-corrected chi connectivity index (χ2v) is 4.95. The monoisotopic (exact) mass is 320 g/mol. The number of methoxy groups -OCH3 is 3. The molecule has 1 aromatic carbocycles. The van der Waals surface area contributed by atoms with Gasteiger partial charge in [-0.3, -0.25) is 4.79 Å². The maximum atomic E-state index is 12.1. The quantitative estimate of drug-likeness (QED) is 0.656. The maximum Gasteiger partial charge on any atom is 0.271 e. The van der Waals surface area contributed by atoms with Gasteiger partial charge in [-0.2, -0.15) is 16.4 Å². The number of hydrogen-bond acceptors (Lipinski definition) is 6. The van der Waals surface area contributed by atoms with Crippen LogP contribution in [0, 0.1) is 0 Å². The number of nitrogens with zero attached hydrogens (tertiary/aromatic N) is 1. The molecular formula is C15H16N2O4S. The lowest BCUT2D eigenvalue weighted by molar-refractivity contribution is 0.0954. The summed E-state index contributed by atoms with van der Waals surface area (Å²) in [6.45, 7) is 0. The zero-order valence-corrected chi connectivity index (χ0v) is 13.3. The van der Waals surface area contributed by atoms with Crippen LogP contribution in [0.2, 0.25) is 0 Å². The first kappa shape index (κ1) is 15.8. The van der Waals surface area contributed by atoms with Crippen molar-refractivity contribution in [3.63, 3.8) is 0 Å². The fourth-order valence-corrected chi connectivity index (χ4v) is 2.40. The molecule has 2 rings (SSSR count). The van der Waals surface area contributed by atoms with Gasteiger partial charge in [-0.15, -0.1) is 0 Å². The molecule has 0 radical (unpaired) electrons. The molecule has 0 saturated heterocycles. The summed E-state index contributed by atoms with van der Waals surface area (Å²) < 4.78 is 15.6. The molecule has 1 N–H and O–H groups in total. The molecule has 0 aliphatic carbocycles. The highest BCUT2D eigenvalue weighted by Gasteiger charge is 2.16. The number of ether oxygens (including phenoxy) is 3. The SMILES string of the molecule is COc1cc(C(=O)N/N=C\c2ccsc2)cc(OC)c1OC. The van der Waals surface area contributed by atoms with Crippen LogP contribution in [-0.4, -0.2) is 33.5 Å². The smallest absolute Gasteiger partial charge is 0.271 e. The molecule has 0 unspecified atom stereocenters. The van der Waals surface area contributed by atoms with Crippen LogP contribution in [-0.2, 0) is 0 Å². The summed E-state index contributed by atoms with van der Waals surface area (Å²) in [5, 5.41) is 7.77. The van der Waals surface area contributed by atoms with Gasteiger partial charge in [-0.1, -0.05) is 0 Å². The van der Waals surface area contributed by atoms with E-state index in [0.717, 1.165) is 5.56 Å². The first-order chi connectivity index (χ1) is 10.7. The molecule has 1 amide bonds. The van der Waals surface area contributed by atoms with Gasteiger partial charge >= 0.3 is 0 Å². The second-order valence-electron chi connectivity index (χ2n) is 4.17. The van der Waals surface area contributed by atoms with Crippen LogP contribution in [0.15, 0.2) is 34.1 Å². The van der Waals surface area contributed by atoms with Crippen LogP contribution in [0.25, 0.3) is 0 Å². The lowest BCUT2D eigenvalue weighted by atomic mass is 10.1. The van der Waals surface area contributed by atoms with Crippen LogP contribution in [0.1, 0.15) is 15.9 Å². The van der Waals surface area contributed by atoms with E-state index in [2.05, 4.69) is 10.5 Å². The zero-order chi connectivity index (χ0) is 15.9. The molecule has 7 heteroatoms. The highest BCUT2D eigenvalue weighted by molar-refractivity contribution is 7.08. The van der Waals surface area contributed by atoms with Crippen LogP contribution in [0.3, 0.4) is 0 Å². The van der Waals surface area contributed by atoms with Crippen LogP contribution in [0.5, 0.6) is 17.2 Å². The Morgan fingerprint density at radius 2 is 1.86 bits per heavy atom. The van der Waals surface area contributed by atoms with Gasteiger partial charge in [0.15, 0.2) is 11.5 Å². The summed E-state index contributed by atoms with van der Waals surface area (Å²) in [5.74, 6) is 0.886. The van der Waals surface area contributed by atoms with E-state index < -0.39 is 0 Å². The Bertz CT molecular complexity index is 643. The van der Waals surface area contributed by atoms with Crippen molar-refractivity contribution in [3.8, 4) is 17.2 Å². The third-order valence-corrected chi connectivity index (χ3v) is 3.55. The first-order valence-electron chi connectivity index (χ1n) is 6.35. The molecule has 116 valence electrons. The largest absolute Gasteiger partial charge is 0.493 e. The first-order valence-corrected chi connectivity index (χ1v) is 7.29. The molecule has 0 bridgehead atoms. The van der Waals surface area contributed by atoms with Crippen LogP contribution in [0.4, 0.5) is 0 Å². The lowest BCUT2D eigenvalue weighted by Crippen LogP contribution is -2.17. The molecule has 0 atom stereocenters. The van der Waals surface area contributed by atoms with Crippen molar-refractivity contribution in [2.45, 2.75) is 0 Å². The van der Waals surface area contributed by atoms with Gasteiger partial charge in [0.25, 0.3) is 5.91 Å². The number of nitrogens with one attached hydrogen (secondary N) is 1. The summed E-state index contributed by atoms with van der Waals surface area (Å²) in [6, 6.07) is 5.04. The number of thiophene rings is 1. The zero-order valence-electron chi connectivity index (χ0n) is 12.5. The van der Waals surface area contributed by atoms with E-state index in [4.69, 9.17) is 14.2 Å². The molecule has 1 heterocycles. The summed E-state index contributed by atoms with van der Waals surface area (Å²) in [5.41, 5.74) is 3.74. The number of hydrogen-bond donors (Lipinski definition) is 1. The fraction of sp³-hybridized carbons (Fsp3) is 0.200. The van der Waals surface area contributed by atoms with Crippen molar-refractivity contribution in [3.05, 3.63) is 40.1 Å². The van der Waals surface area contributed by atoms with E-state index in [1.54, 1.807) is 29.7 Å². The van der Waals surface area contributed by atoms with Crippen molar-refractivity contribution in [1.29, 1.82) is 0 Å². The van der Waals surface area contributed by atoms with E-state index >= 15 is 0 Å². The second kappa shape index (κ2) is 7.46. The molecule has 0 fully saturated rings. The Morgan fingerprint density at radius 1 is 1.18 bits per heavy atom. The minimum Gasteiger partial charge on any atom is -0.493 e. The highest BCUT2D eigenvalue weighted by atomic mass is 32.1. The average Bonchev–Trinajstić information content (AvgIpc) is 3.06. The predicted octanol–water partition coefficient (Wildman–Crippen LogP) is 2.54. The maximum absolute atomic E-state index is 12.1. The lowest BCUT2D eigenvalue weighted by Gasteiger charge is -2.13. The molecule has 22 heavy (non-hydrogen) atoms. The Labute approximate surface area is 132 Å². The van der Waals surface area contributed by atoms with Gasteiger partial charge in [-0.05, 0) is 29.0 Å². The van der Waals surface area contributed by atoms with Crippen molar-refractivity contribution in [2.75, 3.05) is 21.3 Å². The normalized spacial score (nSPS) is 10.5. The molecule has 6 nitrogen and oxygen atoms in total. The minimum atomic E-state index is -0.370. The van der Waals surface area contributed by atoms with Gasteiger partial charge in [0, 0.05) is 11.1 Å². The van der Waals surface area contributed by atoms with E-state index in [1.165, 1.54) is 21.3 Å². The van der Waals surface area contributed by atoms with Crippen molar-refractivity contribution >= 4 is 23.5 Å². The average molecular weight is 320 g/mol. The van der Waals surface area contributed by atoms with Crippen LogP contribution >= 0.6 is 11.3 Å². The molecule has 2 aromatic rings. The third-order valence-electron chi connectivity index (χ3n) is 2.85. The Morgan fingerprint density at radius 3 is 2.36 bits per heavy atom. The Hall–Kier alpha value is -2.54. The predicted molar refractivity (Wildman–Crippen MR) is 85.5 cm³/mol. The van der Waals surface area contributed by atoms with Crippen molar-refractivity contribution in [1.82, 2.24) is 5.43 Å². The van der Waals surface area contributed by atoms with Crippen LogP contribution < -0.4 is 19.6 Å². The minimum absolute atomic E-state index is 0.358. The summed E-state index contributed by atoms with van der Waals surface area (Å²) in [6.07, 6.45) is 1.58. The number of benzene rings is 1. The van der Waals surface area contributed by atoms with Gasteiger partial charge < -0.3 is 14.2 Å². The fourth-order valence-electron chi connectivity index (χ4n) is 1.79. The van der Waals surface area contributed by atoms with E-state index in [9.17, 15) is 4.79 Å². The molecular weight excluding hydrogens is 304 g/mol. The number of carbonyl (C=O) groups is 1. The Balaban J connectivity index is 2.18. The molecule has 0 aliphatic heterocycles. The standard InChI is InChI=1S/C15H16N2O4S/c1-19-12-6-11(7-13(20-2)14(12)21-3)15(18)17-16-8-10-4-5-22-9-10/h4-9H,1-3H3,(H,17,18)/b16-8-. The van der Waals surface area contributed by atoms with Gasteiger partial charge in [0.2, 0.25) is 5.75 Å². The van der Waals surface area contributed by atoms with Gasteiger partial charge in [0.05, 0.1) is 27.5 Å². The van der Waals surface area contributed by atoms with Gasteiger partial charge in [-0.25, -0.2) is 5.43 Å². The number of carbonyl (C=O) groups excluding carboxylic acids is 1. The molecule has 1 aromatic heterocycles. The summed E-state index contributed by atoms with van der Waals surface area (Å²) >= 11 is 1.56. The van der Waals surface area contributed by atoms with Crippen molar-refractivity contribution < 1.29 is 19.0 Å². The van der Waals surface area contributed by atoms with E-state index in [0.29, 0.717) is 22.8 Å². The summed E-state index contributed by atoms with van der Waals surface area (Å²) in [7, 11) is 4.49. The third kappa shape index (κ3) is 3.56.